The Morgan fingerprint density at radius 3 is 1.79 bits per heavy atom. The van der Waals surface area contributed by atoms with E-state index >= 15 is 0 Å². The van der Waals surface area contributed by atoms with Crippen molar-refractivity contribution in [1.82, 2.24) is 0 Å². The molecule has 1 nitrogen and oxygen atoms in total. The molecule has 5 aromatic rings. The largest absolute Gasteiger partial charge is 0.355 e. The molecule has 0 saturated heterocycles. The Morgan fingerprint density at radius 1 is 0.588 bits per heavy atom. The van der Waals surface area contributed by atoms with Gasteiger partial charge in [0.1, 0.15) is 0 Å². The van der Waals surface area contributed by atoms with Crippen LogP contribution in [0.5, 0.6) is 0 Å². The topological polar surface area (TPSA) is 12.0 Å². The summed E-state index contributed by atoms with van der Waals surface area (Å²) in [6.45, 7) is 0. The SMILES string of the molecule is Brc1ccc(I)c(Nc2ccc(C3(c4ccccc4)c4ccccc4-c4ccccc43)cc2)c1. The lowest BCUT2D eigenvalue weighted by Gasteiger charge is -2.34. The number of benzene rings is 5. The molecular formula is C31H21BrIN. The first-order valence-electron chi connectivity index (χ1n) is 11.3. The molecular weight excluding hydrogens is 593 g/mol. The zero-order chi connectivity index (χ0) is 23.1. The van der Waals surface area contributed by atoms with E-state index in [1.807, 2.05) is 0 Å². The van der Waals surface area contributed by atoms with E-state index in [4.69, 9.17) is 0 Å². The Labute approximate surface area is 222 Å². The van der Waals surface area contributed by atoms with Gasteiger partial charge in [-0.3, -0.25) is 0 Å². The van der Waals surface area contributed by atoms with Crippen molar-refractivity contribution in [2.75, 3.05) is 5.32 Å². The van der Waals surface area contributed by atoms with Gasteiger partial charge in [0.05, 0.1) is 11.1 Å². The normalized spacial score (nSPS) is 13.2. The summed E-state index contributed by atoms with van der Waals surface area (Å²) in [6.07, 6.45) is 0. The summed E-state index contributed by atoms with van der Waals surface area (Å²) >= 11 is 5.95. The van der Waals surface area contributed by atoms with Crippen LogP contribution in [0.1, 0.15) is 22.3 Å². The summed E-state index contributed by atoms with van der Waals surface area (Å²) in [5.74, 6) is 0. The van der Waals surface area contributed by atoms with Crippen LogP contribution in [-0.4, -0.2) is 0 Å². The predicted octanol–water partition coefficient (Wildman–Crippen LogP) is 9.16. The van der Waals surface area contributed by atoms with Crippen molar-refractivity contribution < 1.29 is 0 Å². The van der Waals surface area contributed by atoms with Gasteiger partial charge in [0.15, 0.2) is 0 Å². The van der Waals surface area contributed by atoms with Gasteiger partial charge in [0.2, 0.25) is 0 Å². The fourth-order valence-corrected chi connectivity index (χ4v) is 6.10. The van der Waals surface area contributed by atoms with E-state index < -0.39 is 0 Å². The van der Waals surface area contributed by atoms with Crippen molar-refractivity contribution in [3.8, 4) is 11.1 Å². The van der Waals surface area contributed by atoms with Crippen molar-refractivity contribution in [1.29, 1.82) is 0 Å². The van der Waals surface area contributed by atoms with E-state index in [9.17, 15) is 0 Å². The van der Waals surface area contributed by atoms with Crippen LogP contribution in [0.15, 0.2) is 126 Å². The van der Waals surface area contributed by atoms with Crippen LogP contribution in [0, 0.1) is 3.57 Å². The van der Waals surface area contributed by atoms with Gasteiger partial charge >= 0.3 is 0 Å². The average Bonchev–Trinajstić information content (AvgIpc) is 3.19. The molecule has 5 aromatic carbocycles. The van der Waals surface area contributed by atoms with E-state index in [1.54, 1.807) is 0 Å². The maximum Gasteiger partial charge on any atom is 0.0713 e. The molecule has 1 N–H and O–H groups in total. The van der Waals surface area contributed by atoms with Crippen LogP contribution in [0.25, 0.3) is 11.1 Å². The molecule has 0 radical (unpaired) electrons. The minimum absolute atomic E-state index is 0.350. The molecule has 1 aliphatic carbocycles. The summed E-state index contributed by atoms with van der Waals surface area (Å²) in [4.78, 5) is 0. The number of halogens is 2. The first-order chi connectivity index (χ1) is 16.7. The van der Waals surface area contributed by atoms with Gasteiger partial charge in [-0.25, -0.2) is 0 Å². The molecule has 0 atom stereocenters. The summed E-state index contributed by atoms with van der Waals surface area (Å²) in [5, 5.41) is 3.58. The van der Waals surface area contributed by atoms with E-state index in [0.29, 0.717) is 0 Å². The zero-order valence-electron chi connectivity index (χ0n) is 18.3. The van der Waals surface area contributed by atoms with Gasteiger partial charge in [-0.2, -0.15) is 0 Å². The van der Waals surface area contributed by atoms with Crippen molar-refractivity contribution >= 4 is 49.9 Å². The van der Waals surface area contributed by atoms with Gasteiger partial charge in [0, 0.05) is 13.7 Å². The molecule has 164 valence electrons. The van der Waals surface area contributed by atoms with E-state index in [-0.39, 0.29) is 5.41 Å². The van der Waals surface area contributed by atoms with Crippen LogP contribution in [-0.2, 0) is 5.41 Å². The van der Waals surface area contributed by atoms with Crippen molar-refractivity contribution in [3.05, 3.63) is 152 Å². The molecule has 0 unspecified atom stereocenters. The maximum absolute atomic E-state index is 3.59. The van der Waals surface area contributed by atoms with Crippen LogP contribution in [0.4, 0.5) is 11.4 Å². The highest BCUT2D eigenvalue weighted by atomic mass is 127. The van der Waals surface area contributed by atoms with Crippen molar-refractivity contribution in [2.45, 2.75) is 5.41 Å². The van der Waals surface area contributed by atoms with Crippen LogP contribution >= 0.6 is 38.5 Å². The second kappa shape index (κ2) is 8.71. The first-order valence-corrected chi connectivity index (χ1v) is 13.1. The van der Waals surface area contributed by atoms with E-state index in [0.717, 1.165) is 15.8 Å². The number of hydrogen-bond acceptors (Lipinski definition) is 1. The lowest BCUT2D eigenvalue weighted by Crippen LogP contribution is -2.28. The maximum atomic E-state index is 3.59. The molecule has 0 spiro atoms. The summed E-state index contributed by atoms with van der Waals surface area (Å²) in [5.41, 5.74) is 9.67. The molecule has 0 aliphatic heterocycles. The Kier molecular flexibility index (Phi) is 5.54. The number of hydrogen-bond donors (Lipinski definition) is 1. The molecule has 0 saturated carbocycles. The Hall–Kier alpha value is -2.89. The zero-order valence-corrected chi connectivity index (χ0v) is 22.0. The van der Waals surface area contributed by atoms with Crippen molar-refractivity contribution in [2.24, 2.45) is 0 Å². The number of nitrogens with one attached hydrogen (secondary N) is 1. The van der Waals surface area contributed by atoms with Gasteiger partial charge in [0.25, 0.3) is 0 Å². The molecule has 1 aliphatic rings. The molecule has 3 heteroatoms. The average molecular weight is 614 g/mol. The van der Waals surface area contributed by atoms with Gasteiger partial charge in [-0.1, -0.05) is 107 Å². The van der Waals surface area contributed by atoms with Crippen LogP contribution in [0.3, 0.4) is 0 Å². The van der Waals surface area contributed by atoms with E-state index in [1.165, 1.54) is 37.0 Å². The second-order valence-corrected chi connectivity index (χ2v) is 10.6. The molecule has 0 fully saturated rings. The Balaban J connectivity index is 1.54. The first kappa shape index (κ1) is 21.6. The number of rotatable bonds is 4. The molecule has 0 amide bonds. The van der Waals surface area contributed by atoms with Crippen molar-refractivity contribution in [3.63, 3.8) is 0 Å². The third kappa shape index (κ3) is 3.41. The van der Waals surface area contributed by atoms with Crippen LogP contribution < -0.4 is 5.32 Å². The van der Waals surface area contributed by atoms with Gasteiger partial charge in [-0.15, -0.1) is 0 Å². The minimum atomic E-state index is -0.350. The minimum Gasteiger partial charge on any atom is -0.355 e. The fraction of sp³-hybridized carbons (Fsp3) is 0.0323. The smallest absolute Gasteiger partial charge is 0.0713 e. The number of fused-ring (bicyclic) bond motifs is 3. The Morgan fingerprint density at radius 2 is 1.15 bits per heavy atom. The Bertz CT molecular complexity index is 1450. The highest BCUT2D eigenvalue weighted by molar-refractivity contribution is 14.1. The van der Waals surface area contributed by atoms with E-state index in [2.05, 4.69) is 165 Å². The lowest BCUT2D eigenvalue weighted by atomic mass is 9.68. The molecule has 0 bridgehead atoms. The third-order valence-corrected chi connectivity index (χ3v) is 8.12. The standard InChI is InChI=1S/C31H21BrIN/c32-23-16-19-29(33)30(20-23)34-24-17-14-22(15-18-24)31(21-8-2-1-3-9-21)27-12-6-4-10-25(27)26-11-5-7-13-28(26)31/h1-20,34H. The third-order valence-electron chi connectivity index (χ3n) is 6.68. The highest BCUT2D eigenvalue weighted by Crippen LogP contribution is 2.55. The summed E-state index contributed by atoms with van der Waals surface area (Å²) < 4.78 is 2.25. The summed E-state index contributed by atoms with van der Waals surface area (Å²) in [7, 11) is 0. The molecule has 6 rings (SSSR count). The monoisotopic (exact) mass is 613 g/mol. The molecule has 34 heavy (non-hydrogen) atoms. The van der Waals surface area contributed by atoms with Gasteiger partial charge in [-0.05, 0) is 86.3 Å². The molecule has 0 heterocycles. The number of anilines is 2. The van der Waals surface area contributed by atoms with Gasteiger partial charge < -0.3 is 5.32 Å². The quantitative estimate of drug-likeness (QED) is 0.195. The predicted molar refractivity (Wildman–Crippen MR) is 154 cm³/mol. The summed E-state index contributed by atoms with van der Waals surface area (Å²) in [6, 6.07) is 43.8. The fourth-order valence-electron chi connectivity index (χ4n) is 5.26. The second-order valence-electron chi connectivity index (χ2n) is 8.53. The highest BCUT2D eigenvalue weighted by Gasteiger charge is 2.45. The lowest BCUT2D eigenvalue weighted by molar-refractivity contribution is 0.768. The van der Waals surface area contributed by atoms with Crippen LogP contribution in [0.2, 0.25) is 0 Å². The molecule has 0 aromatic heterocycles.